The summed E-state index contributed by atoms with van der Waals surface area (Å²) in [6, 6.07) is 6.65. The smallest absolute Gasteiger partial charge is 0.335 e. The van der Waals surface area contributed by atoms with Gasteiger partial charge in [-0.15, -0.1) is 11.3 Å². The molecule has 0 aliphatic heterocycles. The van der Waals surface area contributed by atoms with Crippen molar-refractivity contribution in [1.29, 1.82) is 0 Å². The van der Waals surface area contributed by atoms with Crippen LogP contribution in [-0.4, -0.2) is 20.6 Å². The molecule has 5 nitrogen and oxygen atoms in total. The topological polar surface area (TPSA) is 72.2 Å². The second kappa shape index (κ2) is 5.31. The van der Waals surface area contributed by atoms with Crippen molar-refractivity contribution in [3.8, 4) is 0 Å². The summed E-state index contributed by atoms with van der Waals surface area (Å²) in [5.41, 5.74) is 2.13. The molecule has 3 aromatic rings. The Hall–Kier alpha value is -2.47. The molecule has 1 aliphatic carbocycles. The maximum atomic E-state index is 12.8. The number of fused-ring (bicyclic) bond motifs is 3. The van der Waals surface area contributed by atoms with Gasteiger partial charge in [-0.25, -0.2) is 9.78 Å². The van der Waals surface area contributed by atoms with Crippen LogP contribution in [0.3, 0.4) is 0 Å². The van der Waals surface area contributed by atoms with E-state index < -0.39 is 5.97 Å². The highest BCUT2D eigenvalue weighted by molar-refractivity contribution is 7.18. The fourth-order valence-corrected chi connectivity index (χ4v) is 4.35. The first-order valence-corrected chi connectivity index (χ1v) is 8.27. The Morgan fingerprint density at radius 3 is 3.04 bits per heavy atom. The average molecular weight is 326 g/mol. The van der Waals surface area contributed by atoms with Crippen LogP contribution in [0.1, 0.15) is 32.8 Å². The Labute approximate surface area is 135 Å². The summed E-state index contributed by atoms with van der Waals surface area (Å²) in [6.45, 7) is 0.327. The van der Waals surface area contributed by atoms with Gasteiger partial charge in [0.25, 0.3) is 5.56 Å². The van der Waals surface area contributed by atoms with Gasteiger partial charge in [0, 0.05) is 4.88 Å². The first kappa shape index (κ1) is 14.1. The van der Waals surface area contributed by atoms with Gasteiger partial charge in [0.15, 0.2) is 0 Å². The minimum Gasteiger partial charge on any atom is -0.478 e. The van der Waals surface area contributed by atoms with Crippen LogP contribution >= 0.6 is 11.3 Å². The standard InChI is InChI=1S/C17H14N2O3S/c20-16-14-12-5-2-6-13(12)23-15(14)18-9-19(16)8-10-3-1-4-11(7-10)17(21)22/h1,3-4,7,9H,2,5-6,8H2,(H,21,22). The molecular formula is C17H14N2O3S. The Kier molecular flexibility index (Phi) is 3.27. The number of benzene rings is 1. The number of rotatable bonds is 3. The Morgan fingerprint density at radius 2 is 2.22 bits per heavy atom. The molecule has 0 atom stereocenters. The van der Waals surface area contributed by atoms with Crippen molar-refractivity contribution >= 4 is 27.5 Å². The average Bonchev–Trinajstić information content (AvgIpc) is 3.11. The minimum atomic E-state index is -0.969. The number of aryl methyl sites for hydroxylation is 2. The lowest BCUT2D eigenvalue weighted by molar-refractivity contribution is 0.0696. The van der Waals surface area contributed by atoms with Gasteiger partial charge in [-0.2, -0.15) is 0 Å². The molecule has 1 aliphatic rings. The maximum Gasteiger partial charge on any atom is 0.335 e. The number of thiophene rings is 1. The van der Waals surface area contributed by atoms with Gasteiger partial charge in [-0.1, -0.05) is 12.1 Å². The Bertz CT molecular complexity index is 987. The Morgan fingerprint density at radius 1 is 1.35 bits per heavy atom. The lowest BCUT2D eigenvalue weighted by atomic mass is 10.1. The number of hydrogen-bond donors (Lipinski definition) is 1. The molecule has 1 N–H and O–H groups in total. The van der Waals surface area contributed by atoms with Gasteiger partial charge in [-0.3, -0.25) is 9.36 Å². The maximum absolute atomic E-state index is 12.8. The minimum absolute atomic E-state index is 0.0323. The summed E-state index contributed by atoms with van der Waals surface area (Å²) < 4.78 is 1.56. The lowest BCUT2D eigenvalue weighted by Crippen LogP contribution is -2.21. The summed E-state index contributed by atoms with van der Waals surface area (Å²) in [4.78, 5) is 30.4. The van der Waals surface area contributed by atoms with E-state index in [2.05, 4.69) is 4.98 Å². The second-order valence-corrected chi connectivity index (χ2v) is 6.80. The van der Waals surface area contributed by atoms with E-state index in [-0.39, 0.29) is 11.1 Å². The second-order valence-electron chi connectivity index (χ2n) is 5.72. The van der Waals surface area contributed by atoms with E-state index in [9.17, 15) is 9.59 Å². The van der Waals surface area contributed by atoms with Gasteiger partial charge in [0.05, 0.1) is 23.8 Å². The van der Waals surface area contributed by atoms with Gasteiger partial charge in [0.2, 0.25) is 0 Å². The fourth-order valence-electron chi connectivity index (χ4n) is 3.13. The molecule has 4 rings (SSSR count). The van der Waals surface area contributed by atoms with E-state index in [0.29, 0.717) is 6.54 Å². The van der Waals surface area contributed by atoms with Gasteiger partial charge >= 0.3 is 5.97 Å². The molecule has 0 bridgehead atoms. The van der Waals surface area contributed by atoms with Crippen LogP contribution in [-0.2, 0) is 19.4 Å². The number of hydrogen-bond acceptors (Lipinski definition) is 4. The number of carboxylic acid groups (broad SMARTS) is 1. The molecule has 0 saturated heterocycles. The van der Waals surface area contributed by atoms with Crippen molar-refractivity contribution in [1.82, 2.24) is 9.55 Å². The highest BCUT2D eigenvalue weighted by atomic mass is 32.1. The Balaban J connectivity index is 1.78. The van der Waals surface area contributed by atoms with Crippen LogP contribution in [0.2, 0.25) is 0 Å². The van der Waals surface area contributed by atoms with E-state index in [1.54, 1.807) is 40.4 Å². The van der Waals surface area contributed by atoms with Crippen LogP contribution in [0.4, 0.5) is 0 Å². The highest BCUT2D eigenvalue weighted by Gasteiger charge is 2.21. The normalized spacial score (nSPS) is 13.4. The van der Waals surface area contributed by atoms with Crippen LogP contribution in [0.5, 0.6) is 0 Å². The van der Waals surface area contributed by atoms with E-state index in [1.807, 2.05) is 6.07 Å². The summed E-state index contributed by atoms with van der Waals surface area (Å²) >= 11 is 1.62. The molecular weight excluding hydrogens is 312 g/mol. The zero-order valence-corrected chi connectivity index (χ0v) is 13.1. The zero-order valence-electron chi connectivity index (χ0n) is 12.3. The summed E-state index contributed by atoms with van der Waals surface area (Å²) in [7, 11) is 0. The first-order chi connectivity index (χ1) is 11.1. The monoisotopic (exact) mass is 326 g/mol. The van der Waals surface area contributed by atoms with E-state index in [1.165, 1.54) is 4.88 Å². The van der Waals surface area contributed by atoms with Crippen molar-refractivity contribution in [3.05, 3.63) is 62.5 Å². The molecule has 0 saturated carbocycles. The molecule has 0 amide bonds. The zero-order chi connectivity index (χ0) is 16.0. The van der Waals surface area contributed by atoms with Crippen molar-refractivity contribution in [2.24, 2.45) is 0 Å². The third-order valence-corrected chi connectivity index (χ3v) is 5.42. The molecule has 0 unspecified atom stereocenters. The van der Waals surface area contributed by atoms with Crippen molar-refractivity contribution < 1.29 is 9.90 Å². The quantitative estimate of drug-likeness (QED) is 0.803. The third-order valence-electron chi connectivity index (χ3n) is 4.22. The van der Waals surface area contributed by atoms with E-state index in [4.69, 9.17) is 5.11 Å². The number of nitrogens with zero attached hydrogens (tertiary/aromatic N) is 2. The van der Waals surface area contributed by atoms with Crippen LogP contribution in [0.25, 0.3) is 10.2 Å². The molecule has 0 radical (unpaired) electrons. The molecule has 2 aromatic heterocycles. The van der Waals surface area contributed by atoms with Crippen molar-refractivity contribution in [2.75, 3.05) is 0 Å². The van der Waals surface area contributed by atoms with Crippen LogP contribution in [0.15, 0.2) is 35.4 Å². The largest absolute Gasteiger partial charge is 0.478 e. The van der Waals surface area contributed by atoms with E-state index in [0.717, 1.165) is 40.6 Å². The summed E-state index contributed by atoms with van der Waals surface area (Å²) in [5, 5.41) is 9.82. The molecule has 6 heteroatoms. The number of aromatic nitrogens is 2. The number of carbonyl (C=O) groups is 1. The number of carboxylic acids is 1. The molecule has 0 spiro atoms. The summed E-state index contributed by atoms with van der Waals surface area (Å²) in [5.74, 6) is -0.969. The van der Waals surface area contributed by atoms with Gasteiger partial charge in [0.1, 0.15) is 4.83 Å². The highest BCUT2D eigenvalue weighted by Crippen LogP contribution is 2.34. The fraction of sp³-hybridized carbons (Fsp3) is 0.235. The molecule has 1 aromatic carbocycles. The molecule has 0 fully saturated rings. The number of aromatic carboxylic acids is 1. The molecule has 23 heavy (non-hydrogen) atoms. The SMILES string of the molecule is O=C(O)c1cccc(Cn2cnc3sc4c(c3c2=O)CCC4)c1. The van der Waals surface area contributed by atoms with Crippen molar-refractivity contribution in [3.63, 3.8) is 0 Å². The van der Waals surface area contributed by atoms with Gasteiger partial charge in [-0.05, 0) is 42.5 Å². The van der Waals surface area contributed by atoms with Crippen LogP contribution in [0, 0.1) is 0 Å². The van der Waals surface area contributed by atoms with E-state index >= 15 is 0 Å². The predicted molar refractivity (Wildman–Crippen MR) is 88.4 cm³/mol. The van der Waals surface area contributed by atoms with Gasteiger partial charge < -0.3 is 5.11 Å². The summed E-state index contributed by atoms with van der Waals surface area (Å²) in [6.07, 6.45) is 4.65. The van der Waals surface area contributed by atoms with Crippen LogP contribution < -0.4 is 5.56 Å². The lowest BCUT2D eigenvalue weighted by Gasteiger charge is -2.07. The predicted octanol–water partition coefficient (Wildman–Crippen LogP) is 2.69. The van der Waals surface area contributed by atoms with Crippen molar-refractivity contribution in [2.45, 2.75) is 25.8 Å². The molecule has 2 heterocycles. The third kappa shape index (κ3) is 2.35. The molecule has 116 valence electrons. The first-order valence-electron chi connectivity index (χ1n) is 7.45.